The van der Waals surface area contributed by atoms with Crippen LogP contribution in [0.25, 0.3) is 28.0 Å². The Hall–Kier alpha value is -3.88. The third-order valence-electron chi connectivity index (χ3n) is 3.95. The predicted octanol–water partition coefficient (Wildman–Crippen LogP) is 2.23. The lowest BCUT2D eigenvalue weighted by Crippen LogP contribution is -2.27. The Kier molecular flexibility index (Phi) is 3.36. The minimum atomic E-state index is -0.839. The molecule has 0 bridgehead atoms. The van der Waals surface area contributed by atoms with Crippen LogP contribution in [-0.4, -0.2) is 19.5 Å². The fourth-order valence-corrected chi connectivity index (χ4v) is 2.87. The summed E-state index contributed by atoms with van der Waals surface area (Å²) in [7, 11) is 0. The van der Waals surface area contributed by atoms with Gasteiger partial charge in [-0.25, -0.2) is 9.18 Å². The molecule has 0 aromatic heterocycles. The number of aromatic nitrogens is 3. The summed E-state index contributed by atoms with van der Waals surface area (Å²) in [6.07, 6.45) is 0. The first-order valence-corrected chi connectivity index (χ1v) is 7.44. The number of rotatable bonds is 2. The van der Waals surface area contributed by atoms with Gasteiger partial charge in [-0.05, 0) is 30.3 Å². The van der Waals surface area contributed by atoms with E-state index in [0.29, 0.717) is 16.6 Å². The molecule has 4 rings (SSSR count). The number of non-ortho nitro benzene ring substituents is 1. The van der Waals surface area contributed by atoms with Gasteiger partial charge in [0.2, 0.25) is 0 Å². The molecule has 1 N–H and O–H groups in total. The minimum absolute atomic E-state index is 0.0331. The van der Waals surface area contributed by atoms with Gasteiger partial charge in [-0.1, -0.05) is 6.07 Å². The van der Waals surface area contributed by atoms with Crippen molar-refractivity contribution in [2.24, 2.45) is 0 Å². The number of fused-ring (bicyclic) bond motifs is 2. The average Bonchev–Trinajstić information content (AvgIpc) is 2.59. The quantitative estimate of drug-likeness (QED) is 0.338. The molecule has 2 heterocycles. The molecule has 26 heavy (non-hydrogen) atoms. The monoisotopic (exact) mass is 352 g/mol. The molecule has 0 fully saturated rings. The van der Waals surface area contributed by atoms with Gasteiger partial charge in [0.15, 0.2) is 5.82 Å². The number of hydrogen-bond donors (Lipinski definition) is 1. The van der Waals surface area contributed by atoms with Gasteiger partial charge in [-0.3, -0.25) is 24.5 Å². The maximum absolute atomic E-state index is 13.7. The SMILES string of the molecule is O=c1nc2n(-c3cccc(F)c3)c3ccc([N+](=O)[O-])cc3cc-2c(=O)[nH]1. The van der Waals surface area contributed by atoms with Gasteiger partial charge < -0.3 is 0 Å². The highest BCUT2D eigenvalue weighted by molar-refractivity contribution is 5.88. The summed E-state index contributed by atoms with van der Waals surface area (Å²) in [6.45, 7) is 0. The van der Waals surface area contributed by atoms with E-state index in [1.54, 1.807) is 6.07 Å². The lowest BCUT2D eigenvalue weighted by molar-refractivity contribution is -0.384. The number of aromatic amines is 1. The number of H-pyrrole nitrogens is 1. The van der Waals surface area contributed by atoms with Crippen molar-refractivity contribution in [1.82, 2.24) is 14.5 Å². The van der Waals surface area contributed by atoms with Crippen molar-refractivity contribution < 1.29 is 9.31 Å². The molecule has 2 aliphatic rings. The second kappa shape index (κ2) is 5.59. The maximum Gasteiger partial charge on any atom is 0.349 e. The largest absolute Gasteiger partial charge is 0.349 e. The molecule has 2 aromatic carbocycles. The van der Waals surface area contributed by atoms with Crippen LogP contribution >= 0.6 is 0 Å². The van der Waals surface area contributed by atoms with Crippen LogP contribution in [0.4, 0.5) is 10.1 Å². The zero-order chi connectivity index (χ0) is 18.4. The Morgan fingerprint density at radius 3 is 2.65 bits per heavy atom. The number of halogens is 1. The van der Waals surface area contributed by atoms with E-state index in [0.717, 1.165) is 0 Å². The van der Waals surface area contributed by atoms with Gasteiger partial charge in [-0.15, -0.1) is 0 Å². The highest BCUT2D eigenvalue weighted by Gasteiger charge is 2.19. The van der Waals surface area contributed by atoms with Crippen molar-refractivity contribution in [2.75, 3.05) is 0 Å². The van der Waals surface area contributed by atoms with Crippen LogP contribution in [0.15, 0.2) is 58.1 Å². The smallest absolute Gasteiger partial charge is 0.293 e. The first-order valence-electron chi connectivity index (χ1n) is 7.44. The third kappa shape index (κ3) is 2.42. The van der Waals surface area contributed by atoms with Gasteiger partial charge in [-0.2, -0.15) is 4.98 Å². The molecule has 2 aromatic rings. The molecule has 8 nitrogen and oxygen atoms in total. The van der Waals surface area contributed by atoms with Gasteiger partial charge in [0.05, 0.1) is 21.7 Å². The number of pyridine rings is 1. The van der Waals surface area contributed by atoms with Crippen molar-refractivity contribution in [3.8, 4) is 17.1 Å². The van der Waals surface area contributed by atoms with Crippen LogP contribution in [0.2, 0.25) is 0 Å². The van der Waals surface area contributed by atoms with E-state index in [2.05, 4.69) is 9.97 Å². The lowest BCUT2D eigenvalue weighted by Gasteiger charge is -2.17. The summed E-state index contributed by atoms with van der Waals surface area (Å²) in [5, 5.41) is 11.4. The molecule has 0 spiro atoms. The molecule has 0 amide bonds. The van der Waals surface area contributed by atoms with Crippen molar-refractivity contribution in [3.63, 3.8) is 0 Å². The van der Waals surface area contributed by atoms with E-state index in [4.69, 9.17) is 0 Å². The summed E-state index contributed by atoms with van der Waals surface area (Å²) >= 11 is 0. The fourth-order valence-electron chi connectivity index (χ4n) is 2.87. The van der Waals surface area contributed by atoms with E-state index in [1.165, 1.54) is 47.0 Å². The van der Waals surface area contributed by atoms with Crippen LogP contribution in [0.5, 0.6) is 0 Å². The molecule has 128 valence electrons. The molecule has 9 heteroatoms. The van der Waals surface area contributed by atoms with Gasteiger partial charge in [0.25, 0.3) is 11.2 Å². The Balaban J connectivity index is 2.22. The Morgan fingerprint density at radius 2 is 1.92 bits per heavy atom. The molecular weight excluding hydrogens is 343 g/mol. The van der Waals surface area contributed by atoms with Crippen molar-refractivity contribution in [3.05, 3.63) is 85.3 Å². The molecule has 2 aliphatic heterocycles. The van der Waals surface area contributed by atoms with Crippen molar-refractivity contribution in [1.29, 1.82) is 0 Å². The Morgan fingerprint density at radius 1 is 1.12 bits per heavy atom. The first kappa shape index (κ1) is 15.6. The molecule has 0 aliphatic carbocycles. The number of nitrogens with zero attached hydrogens (tertiary/aromatic N) is 3. The standard InChI is InChI=1S/C17H9FN4O4/c18-10-2-1-3-11(8-10)21-14-5-4-12(22(25)26)6-9(14)7-13-15(21)19-17(24)20-16(13)23/h1-8H,(H,20,23,24). The van der Waals surface area contributed by atoms with Crippen LogP contribution in [-0.2, 0) is 0 Å². The van der Waals surface area contributed by atoms with Crippen molar-refractivity contribution >= 4 is 16.6 Å². The second-order valence-corrected chi connectivity index (χ2v) is 5.57. The summed E-state index contributed by atoms with van der Waals surface area (Å²) in [5.41, 5.74) is -0.861. The second-order valence-electron chi connectivity index (χ2n) is 5.57. The normalized spacial score (nSPS) is 11.1. The Labute approximate surface area is 143 Å². The number of hydrogen-bond acceptors (Lipinski definition) is 5. The van der Waals surface area contributed by atoms with E-state index in [1.807, 2.05) is 0 Å². The zero-order valence-electron chi connectivity index (χ0n) is 13.0. The topological polar surface area (TPSA) is 111 Å². The summed E-state index contributed by atoms with van der Waals surface area (Å²) < 4.78 is 15.2. The van der Waals surface area contributed by atoms with E-state index < -0.39 is 22.0 Å². The minimum Gasteiger partial charge on any atom is -0.293 e. The molecular formula is C17H9FN4O4. The lowest BCUT2D eigenvalue weighted by atomic mass is 10.1. The third-order valence-corrected chi connectivity index (χ3v) is 3.95. The summed E-state index contributed by atoms with van der Waals surface area (Å²) in [6, 6.07) is 11.0. The maximum atomic E-state index is 13.7. The van der Waals surface area contributed by atoms with Gasteiger partial charge in [0, 0.05) is 17.5 Å². The Bertz CT molecular complexity index is 1280. The van der Waals surface area contributed by atoms with Crippen LogP contribution in [0.1, 0.15) is 0 Å². The van der Waals surface area contributed by atoms with Gasteiger partial charge >= 0.3 is 5.69 Å². The van der Waals surface area contributed by atoms with Gasteiger partial charge in [0.1, 0.15) is 5.82 Å². The highest BCUT2D eigenvalue weighted by Crippen LogP contribution is 2.30. The number of benzene rings is 2. The van der Waals surface area contributed by atoms with Crippen LogP contribution in [0, 0.1) is 15.9 Å². The molecule has 0 radical (unpaired) electrons. The molecule has 0 atom stereocenters. The van der Waals surface area contributed by atoms with Crippen molar-refractivity contribution in [2.45, 2.75) is 0 Å². The predicted molar refractivity (Wildman–Crippen MR) is 91.2 cm³/mol. The first-order chi connectivity index (χ1) is 12.4. The summed E-state index contributed by atoms with van der Waals surface area (Å²) in [5.74, 6) is -0.486. The molecule has 0 saturated heterocycles. The van der Waals surface area contributed by atoms with E-state index in [9.17, 15) is 24.1 Å². The molecule has 0 unspecified atom stereocenters. The number of nitro groups is 1. The van der Waals surface area contributed by atoms with Crippen LogP contribution in [0.3, 0.4) is 0 Å². The summed E-state index contributed by atoms with van der Waals surface area (Å²) in [4.78, 5) is 40.3. The van der Waals surface area contributed by atoms with E-state index in [-0.39, 0.29) is 17.1 Å². The average molecular weight is 352 g/mol. The fraction of sp³-hybridized carbons (Fsp3) is 0. The molecule has 0 saturated carbocycles. The zero-order valence-corrected chi connectivity index (χ0v) is 13.0. The number of nitrogens with one attached hydrogen (secondary N) is 1. The van der Waals surface area contributed by atoms with Crippen LogP contribution < -0.4 is 11.2 Å². The van der Waals surface area contributed by atoms with E-state index >= 15 is 0 Å². The highest BCUT2D eigenvalue weighted by atomic mass is 19.1. The number of nitro benzene ring substituents is 1.